The summed E-state index contributed by atoms with van der Waals surface area (Å²) in [6.07, 6.45) is 0. The number of benzene rings is 1. The fraction of sp³-hybridized carbons (Fsp3) is 0.250. The van der Waals surface area contributed by atoms with Crippen LogP contribution in [0.5, 0.6) is 0 Å². The number of nitrogens with one attached hydrogen (secondary N) is 1. The van der Waals surface area contributed by atoms with Crippen molar-refractivity contribution >= 4 is 11.4 Å². The second-order valence-corrected chi connectivity index (χ2v) is 2.45. The first-order valence-electron chi connectivity index (χ1n) is 3.73. The lowest BCUT2D eigenvalue weighted by Crippen LogP contribution is -2.13. The van der Waals surface area contributed by atoms with Gasteiger partial charge in [0.25, 0.3) is 0 Å². The van der Waals surface area contributed by atoms with Crippen molar-refractivity contribution in [2.24, 2.45) is 5.73 Å². The zero-order valence-corrected chi connectivity index (χ0v) is 6.68. The third-order valence-electron chi connectivity index (χ3n) is 1.47. The van der Waals surface area contributed by atoms with Crippen LogP contribution in [0.4, 0.5) is 15.8 Å². The third-order valence-corrected chi connectivity index (χ3v) is 1.47. The highest BCUT2D eigenvalue weighted by atomic mass is 19.1. The van der Waals surface area contributed by atoms with E-state index in [9.17, 15) is 4.39 Å². The van der Waals surface area contributed by atoms with Gasteiger partial charge >= 0.3 is 0 Å². The molecule has 1 aromatic rings. The van der Waals surface area contributed by atoms with E-state index in [1.807, 2.05) is 0 Å². The van der Waals surface area contributed by atoms with Gasteiger partial charge in [-0.25, -0.2) is 4.39 Å². The molecule has 0 aliphatic carbocycles. The Morgan fingerprint density at radius 1 is 1.42 bits per heavy atom. The molecule has 0 bridgehead atoms. The van der Waals surface area contributed by atoms with Crippen molar-refractivity contribution in [3.63, 3.8) is 0 Å². The number of hydrogen-bond acceptors (Lipinski definition) is 3. The van der Waals surface area contributed by atoms with E-state index >= 15 is 0 Å². The fourth-order valence-corrected chi connectivity index (χ4v) is 0.901. The minimum absolute atomic E-state index is 0.328. The van der Waals surface area contributed by atoms with E-state index in [0.717, 1.165) is 5.69 Å². The van der Waals surface area contributed by atoms with Crippen molar-refractivity contribution in [3.05, 3.63) is 24.0 Å². The van der Waals surface area contributed by atoms with Gasteiger partial charge in [-0.3, -0.25) is 0 Å². The third kappa shape index (κ3) is 2.10. The average Bonchev–Trinajstić information content (AvgIpc) is 2.03. The second-order valence-electron chi connectivity index (χ2n) is 2.45. The highest BCUT2D eigenvalue weighted by Gasteiger charge is 1.98. The second kappa shape index (κ2) is 3.92. The Kier molecular flexibility index (Phi) is 2.88. The molecule has 1 rings (SSSR count). The van der Waals surface area contributed by atoms with Crippen LogP contribution in [-0.4, -0.2) is 13.1 Å². The number of nitrogens with two attached hydrogens (primary N) is 2. The highest BCUT2D eigenvalue weighted by Crippen LogP contribution is 2.18. The first-order chi connectivity index (χ1) is 5.74. The van der Waals surface area contributed by atoms with Crippen LogP contribution in [0, 0.1) is 5.82 Å². The standard InChI is InChI=1S/C8H12FN3/c9-6-1-2-8(7(11)5-6)12-4-3-10/h1-2,5,12H,3-4,10-11H2. The summed E-state index contributed by atoms with van der Waals surface area (Å²) in [5, 5.41) is 2.97. The van der Waals surface area contributed by atoms with Crippen LogP contribution < -0.4 is 16.8 Å². The molecule has 0 aromatic heterocycles. The van der Waals surface area contributed by atoms with Gasteiger partial charge in [-0.05, 0) is 18.2 Å². The molecule has 1 aromatic carbocycles. The summed E-state index contributed by atoms with van der Waals surface area (Å²) in [4.78, 5) is 0. The molecule has 0 amide bonds. The Bertz CT molecular complexity index is 262. The zero-order chi connectivity index (χ0) is 8.97. The molecule has 0 spiro atoms. The molecule has 4 heteroatoms. The minimum atomic E-state index is -0.328. The van der Waals surface area contributed by atoms with E-state index < -0.39 is 0 Å². The first kappa shape index (κ1) is 8.80. The minimum Gasteiger partial charge on any atom is -0.397 e. The normalized spacial score (nSPS) is 9.83. The largest absolute Gasteiger partial charge is 0.397 e. The molecule has 0 heterocycles. The van der Waals surface area contributed by atoms with Gasteiger partial charge in [-0.1, -0.05) is 0 Å². The number of anilines is 2. The fourth-order valence-electron chi connectivity index (χ4n) is 0.901. The Morgan fingerprint density at radius 3 is 2.75 bits per heavy atom. The molecular formula is C8H12FN3. The van der Waals surface area contributed by atoms with Crippen molar-refractivity contribution in [3.8, 4) is 0 Å². The predicted molar refractivity (Wildman–Crippen MR) is 48.4 cm³/mol. The maximum absolute atomic E-state index is 12.5. The summed E-state index contributed by atoms with van der Waals surface area (Å²) in [5.41, 5.74) is 11.9. The quantitative estimate of drug-likeness (QED) is 0.586. The van der Waals surface area contributed by atoms with Gasteiger partial charge < -0.3 is 16.8 Å². The van der Waals surface area contributed by atoms with Crippen LogP contribution in [0.3, 0.4) is 0 Å². The van der Waals surface area contributed by atoms with Crippen molar-refractivity contribution in [2.75, 3.05) is 24.1 Å². The van der Waals surface area contributed by atoms with Gasteiger partial charge in [-0.15, -0.1) is 0 Å². The van der Waals surface area contributed by atoms with Crippen LogP contribution in [0.25, 0.3) is 0 Å². The van der Waals surface area contributed by atoms with Crippen molar-refractivity contribution in [1.29, 1.82) is 0 Å². The summed E-state index contributed by atoms with van der Waals surface area (Å²) < 4.78 is 12.5. The number of hydrogen-bond donors (Lipinski definition) is 3. The van der Waals surface area contributed by atoms with Crippen LogP contribution in [0.1, 0.15) is 0 Å². The number of rotatable bonds is 3. The summed E-state index contributed by atoms with van der Waals surface area (Å²) >= 11 is 0. The lowest BCUT2D eigenvalue weighted by Gasteiger charge is -2.07. The topological polar surface area (TPSA) is 64.1 Å². The Hall–Kier alpha value is -1.29. The average molecular weight is 169 g/mol. The molecular weight excluding hydrogens is 157 g/mol. The first-order valence-corrected chi connectivity index (χ1v) is 3.73. The van der Waals surface area contributed by atoms with Crippen molar-refractivity contribution in [2.45, 2.75) is 0 Å². The lowest BCUT2D eigenvalue weighted by molar-refractivity contribution is 0.628. The molecule has 0 aliphatic rings. The van der Waals surface area contributed by atoms with E-state index in [2.05, 4.69) is 5.32 Å². The lowest BCUT2D eigenvalue weighted by atomic mass is 10.2. The van der Waals surface area contributed by atoms with E-state index in [-0.39, 0.29) is 5.82 Å². The molecule has 12 heavy (non-hydrogen) atoms. The van der Waals surface area contributed by atoms with Crippen LogP contribution >= 0.6 is 0 Å². The molecule has 0 atom stereocenters. The number of halogens is 1. The van der Waals surface area contributed by atoms with Gasteiger partial charge in [0, 0.05) is 13.1 Å². The predicted octanol–water partition coefficient (Wildman–Crippen LogP) is 0.778. The molecule has 0 aliphatic heterocycles. The summed E-state index contributed by atoms with van der Waals surface area (Å²) in [7, 11) is 0. The molecule has 0 saturated carbocycles. The molecule has 0 saturated heterocycles. The molecule has 0 fully saturated rings. The summed E-state index contributed by atoms with van der Waals surface area (Å²) in [6.45, 7) is 1.16. The Labute approximate surface area is 70.6 Å². The Balaban J connectivity index is 2.72. The van der Waals surface area contributed by atoms with E-state index in [4.69, 9.17) is 11.5 Å². The molecule has 0 unspecified atom stereocenters. The smallest absolute Gasteiger partial charge is 0.125 e. The van der Waals surface area contributed by atoms with Gasteiger partial charge in [0.05, 0.1) is 11.4 Å². The van der Waals surface area contributed by atoms with Crippen LogP contribution in [0.2, 0.25) is 0 Å². The van der Waals surface area contributed by atoms with E-state index in [1.54, 1.807) is 6.07 Å². The zero-order valence-electron chi connectivity index (χ0n) is 6.68. The summed E-state index contributed by atoms with van der Waals surface area (Å²) in [5.74, 6) is -0.328. The monoisotopic (exact) mass is 169 g/mol. The summed E-state index contributed by atoms with van der Waals surface area (Å²) in [6, 6.07) is 4.23. The molecule has 66 valence electrons. The van der Waals surface area contributed by atoms with Crippen molar-refractivity contribution < 1.29 is 4.39 Å². The highest BCUT2D eigenvalue weighted by molar-refractivity contribution is 5.65. The van der Waals surface area contributed by atoms with E-state index in [1.165, 1.54) is 12.1 Å². The maximum atomic E-state index is 12.5. The van der Waals surface area contributed by atoms with Crippen molar-refractivity contribution in [1.82, 2.24) is 0 Å². The van der Waals surface area contributed by atoms with Crippen LogP contribution in [-0.2, 0) is 0 Å². The molecule has 5 N–H and O–H groups in total. The maximum Gasteiger partial charge on any atom is 0.125 e. The van der Waals surface area contributed by atoms with Gasteiger partial charge in [-0.2, -0.15) is 0 Å². The van der Waals surface area contributed by atoms with Gasteiger partial charge in [0.1, 0.15) is 5.82 Å². The van der Waals surface area contributed by atoms with Gasteiger partial charge in [0.15, 0.2) is 0 Å². The van der Waals surface area contributed by atoms with Gasteiger partial charge in [0.2, 0.25) is 0 Å². The van der Waals surface area contributed by atoms with E-state index in [0.29, 0.717) is 18.8 Å². The SMILES string of the molecule is NCCNc1ccc(F)cc1N. The van der Waals surface area contributed by atoms with Crippen LogP contribution in [0.15, 0.2) is 18.2 Å². The Morgan fingerprint density at radius 2 is 2.17 bits per heavy atom. The number of nitrogen functional groups attached to an aromatic ring is 1. The molecule has 3 nitrogen and oxygen atoms in total. The molecule has 0 radical (unpaired) electrons.